The quantitative estimate of drug-likeness (QED) is 0.401. The van der Waals surface area contributed by atoms with Crippen LogP contribution in [0.5, 0.6) is 0 Å². The summed E-state index contributed by atoms with van der Waals surface area (Å²) in [5.41, 5.74) is -6.03. The second-order valence-electron chi connectivity index (χ2n) is 8.53. The number of fused-ring (bicyclic) bond motifs is 5. The van der Waals surface area contributed by atoms with E-state index in [1.807, 2.05) is 0 Å². The first kappa shape index (κ1) is 21.9. The lowest BCUT2D eigenvalue weighted by molar-refractivity contribution is -0.646. The number of rotatable bonds is 3. The lowest BCUT2D eigenvalue weighted by Gasteiger charge is -2.39. The summed E-state index contributed by atoms with van der Waals surface area (Å²) in [6, 6.07) is 4.33. The van der Waals surface area contributed by atoms with Gasteiger partial charge in [0.15, 0.2) is 17.1 Å². The zero-order chi connectivity index (χ0) is 23.1. The fourth-order valence-electron chi connectivity index (χ4n) is 5.87. The highest BCUT2D eigenvalue weighted by atomic mass is 35.5. The molecular weight excluding hydrogens is 439 g/mol. The molecular formula is C20H19ClF3N3O4+2. The molecule has 31 heavy (non-hydrogen) atoms. The normalized spacial score (nSPS) is 39.0. The molecule has 164 valence electrons. The molecule has 0 saturated carbocycles. The van der Waals surface area contributed by atoms with Crippen LogP contribution in [0.25, 0.3) is 0 Å². The van der Waals surface area contributed by atoms with E-state index in [1.54, 1.807) is 13.8 Å². The van der Waals surface area contributed by atoms with E-state index in [1.165, 1.54) is 19.2 Å². The molecule has 3 saturated heterocycles. The van der Waals surface area contributed by atoms with Crippen molar-refractivity contribution < 1.29 is 37.2 Å². The minimum Gasteiger partial charge on any atom is -0.364 e. The van der Waals surface area contributed by atoms with Gasteiger partial charge in [-0.3, -0.25) is 10.1 Å². The maximum Gasteiger partial charge on any atom is 0.500 e. The van der Waals surface area contributed by atoms with Crippen LogP contribution >= 0.6 is 11.6 Å². The van der Waals surface area contributed by atoms with Gasteiger partial charge in [0.05, 0.1) is 28.7 Å². The first-order valence-corrected chi connectivity index (χ1v) is 9.84. The minimum atomic E-state index is -4.83. The number of amides is 2. The fourth-order valence-corrected chi connectivity index (χ4v) is 6.17. The molecule has 2 bridgehead atoms. The van der Waals surface area contributed by atoms with E-state index < -0.39 is 62.9 Å². The van der Waals surface area contributed by atoms with Crippen molar-refractivity contribution in [2.45, 2.75) is 43.2 Å². The van der Waals surface area contributed by atoms with Crippen molar-refractivity contribution in [3.05, 3.63) is 29.3 Å². The van der Waals surface area contributed by atoms with Crippen LogP contribution in [0.1, 0.15) is 31.4 Å². The number of imide groups is 1. The van der Waals surface area contributed by atoms with Gasteiger partial charge in [0.2, 0.25) is 5.24 Å². The number of quaternary nitrogens is 1. The topological polar surface area (TPSA) is 105 Å². The molecule has 0 radical (unpaired) electrons. The molecule has 3 heterocycles. The molecule has 0 aliphatic carbocycles. The van der Waals surface area contributed by atoms with Crippen molar-refractivity contribution in [1.29, 1.82) is 5.26 Å². The van der Waals surface area contributed by atoms with Crippen LogP contribution in [0.3, 0.4) is 0 Å². The van der Waals surface area contributed by atoms with Crippen LogP contribution in [-0.2, 0) is 20.5 Å². The van der Waals surface area contributed by atoms with Crippen LogP contribution in [0, 0.1) is 23.2 Å². The maximum absolute atomic E-state index is 13.7. The molecule has 1 aromatic carbocycles. The Morgan fingerprint density at radius 2 is 2.06 bits per heavy atom. The highest BCUT2D eigenvalue weighted by Gasteiger charge is 2.89. The Hall–Kier alpha value is -2.32. The molecule has 6 atom stereocenters. The SMILES string of the molecule is CNC12C(=O)[NH+](c3ccc(C#N)c(C(F)(F)F)c3)C(=[OH+])C1C1(C)OC2(C)CC1C(=O)Cl. The number of nitriles is 1. The van der Waals surface area contributed by atoms with Crippen LogP contribution in [0.2, 0.25) is 0 Å². The van der Waals surface area contributed by atoms with E-state index in [0.29, 0.717) is 6.07 Å². The minimum absolute atomic E-state index is 0.108. The van der Waals surface area contributed by atoms with Gasteiger partial charge in [-0.05, 0) is 45.0 Å². The lowest BCUT2D eigenvalue weighted by atomic mass is 9.59. The van der Waals surface area contributed by atoms with Crippen molar-refractivity contribution in [3.63, 3.8) is 0 Å². The first-order valence-electron chi connectivity index (χ1n) is 9.46. The standard InChI is InChI=1S/C20H17ClF3N3O4/c1-17-7-12(14(21)28)18(2,31-17)13-15(29)27(16(30)19(13,17)26-3)10-5-4-9(8-25)11(6-10)20(22,23)24/h4-6,12-13,26H,7H2,1-3H3/p+2. The molecule has 0 spiro atoms. The number of hydrogen-bond donors (Lipinski definition) is 2. The van der Waals surface area contributed by atoms with Crippen molar-refractivity contribution in [2.24, 2.45) is 11.8 Å². The number of nitrogens with one attached hydrogen (secondary N) is 2. The number of benzene rings is 1. The van der Waals surface area contributed by atoms with Gasteiger partial charge in [0, 0.05) is 12.1 Å². The molecule has 3 N–H and O–H groups in total. The number of carbonyl (C=O) groups excluding carboxylic acids is 3. The number of halogens is 4. The summed E-state index contributed by atoms with van der Waals surface area (Å²) in [4.78, 5) is 36.6. The number of ether oxygens (including phenoxy) is 1. The monoisotopic (exact) mass is 457 g/mol. The summed E-state index contributed by atoms with van der Waals surface area (Å²) in [5.74, 6) is -2.95. The van der Waals surface area contributed by atoms with Crippen molar-refractivity contribution in [3.8, 4) is 6.07 Å². The van der Waals surface area contributed by atoms with Gasteiger partial charge in [-0.2, -0.15) is 18.4 Å². The number of nitrogens with zero attached hydrogens (tertiary/aromatic N) is 1. The van der Waals surface area contributed by atoms with Gasteiger partial charge in [0.25, 0.3) is 0 Å². The van der Waals surface area contributed by atoms with Crippen LogP contribution in [0.15, 0.2) is 18.2 Å². The average Bonchev–Trinajstić information content (AvgIpc) is 3.18. The highest BCUT2D eigenvalue weighted by Crippen LogP contribution is 2.63. The maximum atomic E-state index is 13.7. The first-order chi connectivity index (χ1) is 14.3. The Labute approximate surface area is 180 Å². The Balaban J connectivity index is 1.89. The zero-order valence-corrected chi connectivity index (χ0v) is 17.5. The van der Waals surface area contributed by atoms with Gasteiger partial charge in [-0.25, -0.2) is 9.59 Å². The number of likely N-dealkylation sites (N-methyl/N-ethyl adjacent to an activating group) is 1. The Bertz CT molecular complexity index is 1090. The van der Waals surface area contributed by atoms with Gasteiger partial charge in [-0.15, -0.1) is 4.90 Å². The number of carbonyl (C=O) groups is 2. The Morgan fingerprint density at radius 1 is 1.42 bits per heavy atom. The third kappa shape index (κ3) is 2.49. The predicted octanol–water partition coefficient (Wildman–Crippen LogP) is 1.04. The Kier molecular flexibility index (Phi) is 4.49. The lowest BCUT2D eigenvalue weighted by Crippen LogP contribution is -3.12. The van der Waals surface area contributed by atoms with Crippen LogP contribution in [0.4, 0.5) is 18.9 Å². The van der Waals surface area contributed by atoms with Crippen molar-refractivity contribution >= 4 is 34.3 Å². The highest BCUT2D eigenvalue weighted by molar-refractivity contribution is 6.64. The summed E-state index contributed by atoms with van der Waals surface area (Å²) in [6.07, 6.45) is -4.72. The predicted molar refractivity (Wildman–Crippen MR) is 101 cm³/mol. The molecule has 0 aromatic heterocycles. The molecule has 3 aliphatic heterocycles. The third-order valence-electron chi connectivity index (χ3n) is 7.09. The van der Waals surface area contributed by atoms with Gasteiger partial charge >= 0.3 is 18.0 Å². The number of alkyl halides is 3. The van der Waals surface area contributed by atoms with E-state index in [0.717, 1.165) is 6.07 Å². The summed E-state index contributed by atoms with van der Waals surface area (Å²) in [7, 11) is 1.50. The molecule has 6 unspecified atom stereocenters. The summed E-state index contributed by atoms with van der Waals surface area (Å²) < 4.78 is 46.5. The van der Waals surface area contributed by atoms with Crippen molar-refractivity contribution in [1.82, 2.24) is 5.32 Å². The average molecular weight is 458 g/mol. The van der Waals surface area contributed by atoms with Crippen LogP contribution < -0.4 is 10.2 Å². The molecule has 7 nitrogen and oxygen atoms in total. The van der Waals surface area contributed by atoms with E-state index in [-0.39, 0.29) is 17.0 Å². The largest absolute Gasteiger partial charge is 0.500 e. The van der Waals surface area contributed by atoms with E-state index in [9.17, 15) is 27.6 Å². The molecule has 4 rings (SSSR count). The van der Waals surface area contributed by atoms with Crippen molar-refractivity contribution in [2.75, 3.05) is 7.05 Å². The van der Waals surface area contributed by atoms with Gasteiger partial charge < -0.3 is 4.74 Å². The fraction of sp³-hybridized carbons (Fsp3) is 0.500. The summed E-state index contributed by atoms with van der Waals surface area (Å²) in [6.45, 7) is 3.19. The molecule has 3 aliphatic rings. The smallest absolute Gasteiger partial charge is 0.364 e. The van der Waals surface area contributed by atoms with Gasteiger partial charge in [0.1, 0.15) is 5.60 Å². The Morgan fingerprint density at radius 3 is 2.58 bits per heavy atom. The zero-order valence-electron chi connectivity index (χ0n) is 16.7. The second-order valence-corrected chi connectivity index (χ2v) is 8.90. The summed E-state index contributed by atoms with van der Waals surface area (Å²) in [5, 5.41) is 11.3. The van der Waals surface area contributed by atoms with E-state index >= 15 is 0 Å². The number of hydrogen-bond acceptors (Lipinski definition) is 5. The third-order valence-corrected chi connectivity index (χ3v) is 7.35. The molecule has 11 heteroatoms. The molecule has 1 aromatic rings. The second kappa shape index (κ2) is 6.36. The molecule has 2 amide bonds. The van der Waals surface area contributed by atoms with E-state index in [2.05, 4.69) is 5.32 Å². The van der Waals surface area contributed by atoms with Gasteiger partial charge in [-0.1, -0.05) is 0 Å². The van der Waals surface area contributed by atoms with Crippen LogP contribution in [-0.4, -0.2) is 45.6 Å². The summed E-state index contributed by atoms with van der Waals surface area (Å²) >= 11 is 5.77. The molecule has 3 fully saturated rings. The van der Waals surface area contributed by atoms with E-state index in [4.69, 9.17) is 21.6 Å².